The Morgan fingerprint density at radius 3 is 2.65 bits per heavy atom. The van der Waals surface area contributed by atoms with E-state index in [9.17, 15) is 0 Å². The van der Waals surface area contributed by atoms with Crippen LogP contribution in [0.2, 0.25) is 0 Å². The number of nitrogens with zero attached hydrogens (tertiary/aromatic N) is 6. The molecule has 0 aliphatic rings. The van der Waals surface area contributed by atoms with Crippen molar-refractivity contribution in [2.45, 2.75) is 27.7 Å². The molecule has 0 amide bonds. The Hall–Kier alpha value is -4.26. The average molecular weight is 452 g/mol. The number of aryl methyl sites for hydroxylation is 3. The largest absolute Gasteiger partial charge is 0.297 e. The number of aromatic nitrogens is 7. The lowest BCUT2D eigenvalue weighted by molar-refractivity contribution is 0.768. The normalized spacial score (nSPS) is 12.2. The fraction of sp³-hybridized carbons (Fsp3) is 0.185. The van der Waals surface area contributed by atoms with Crippen molar-refractivity contribution in [3.05, 3.63) is 96.5 Å². The van der Waals surface area contributed by atoms with Gasteiger partial charge in [0.25, 0.3) is 0 Å². The molecule has 4 heterocycles. The van der Waals surface area contributed by atoms with Crippen LogP contribution < -0.4 is 0 Å². The molecule has 7 heteroatoms. The molecule has 34 heavy (non-hydrogen) atoms. The molecule has 0 unspecified atom stereocenters. The van der Waals surface area contributed by atoms with E-state index in [1.807, 2.05) is 75.2 Å². The summed E-state index contributed by atoms with van der Waals surface area (Å²) in [7, 11) is 1.90. The van der Waals surface area contributed by atoms with E-state index >= 15 is 0 Å². The van der Waals surface area contributed by atoms with Crippen LogP contribution in [-0.2, 0) is 7.05 Å². The SMILES string of the molecule is C\C=C/C(=C\C=C\C)c1n[nH]c2ccc(C)cc12.Cc1nccn2c(-c3cnn(C)c3)cnc12. The minimum absolute atomic E-state index is 0.890. The molecular formula is C27H29N7. The summed E-state index contributed by atoms with van der Waals surface area (Å²) in [5.41, 5.74) is 8.35. The smallest absolute Gasteiger partial charge is 0.158 e. The molecule has 5 rings (SSSR count). The van der Waals surface area contributed by atoms with Gasteiger partial charge in [-0.3, -0.25) is 19.2 Å². The number of hydrogen-bond donors (Lipinski definition) is 1. The van der Waals surface area contributed by atoms with Crippen molar-refractivity contribution in [2.75, 3.05) is 0 Å². The Balaban J connectivity index is 0.000000162. The highest BCUT2D eigenvalue weighted by atomic mass is 15.2. The van der Waals surface area contributed by atoms with Crippen molar-refractivity contribution >= 4 is 22.1 Å². The number of hydrogen-bond acceptors (Lipinski definition) is 4. The van der Waals surface area contributed by atoms with E-state index in [-0.39, 0.29) is 0 Å². The van der Waals surface area contributed by atoms with E-state index in [1.165, 1.54) is 10.9 Å². The van der Waals surface area contributed by atoms with Crippen molar-refractivity contribution in [3.63, 3.8) is 0 Å². The Kier molecular flexibility index (Phi) is 6.82. The zero-order valence-corrected chi connectivity index (χ0v) is 20.2. The van der Waals surface area contributed by atoms with E-state index in [4.69, 9.17) is 0 Å². The van der Waals surface area contributed by atoms with Gasteiger partial charge in [-0.2, -0.15) is 10.2 Å². The molecule has 1 N–H and O–H groups in total. The number of benzene rings is 1. The van der Waals surface area contributed by atoms with Crippen LogP contribution in [-0.4, -0.2) is 34.3 Å². The van der Waals surface area contributed by atoms with E-state index in [1.54, 1.807) is 10.9 Å². The standard InChI is InChI=1S/C16H18N2.C11H11N5/c1-4-6-8-13(7-5-2)16-14-11-12(3)9-10-15(14)17-18-16;1-8-11-13-6-10(16(11)4-3-12-8)9-5-14-15(2)7-9/h4-11H,1-3H3,(H,17,18);3-7H,1-2H3/b6-4+,7-5-,13-8+;. The molecular weight excluding hydrogens is 422 g/mol. The maximum absolute atomic E-state index is 4.43. The molecule has 172 valence electrons. The lowest BCUT2D eigenvalue weighted by Crippen LogP contribution is -1.92. The van der Waals surface area contributed by atoms with E-state index < -0.39 is 0 Å². The van der Waals surface area contributed by atoms with Gasteiger partial charge in [-0.25, -0.2) is 4.98 Å². The van der Waals surface area contributed by atoms with Gasteiger partial charge in [0, 0.05) is 42.2 Å². The minimum Gasteiger partial charge on any atom is -0.297 e. The highest BCUT2D eigenvalue weighted by Crippen LogP contribution is 2.25. The second-order valence-corrected chi connectivity index (χ2v) is 8.02. The summed E-state index contributed by atoms with van der Waals surface area (Å²) in [5.74, 6) is 0. The predicted molar refractivity (Wildman–Crippen MR) is 138 cm³/mol. The van der Waals surface area contributed by atoms with Gasteiger partial charge in [-0.15, -0.1) is 0 Å². The van der Waals surface area contributed by atoms with Crippen LogP contribution in [0.15, 0.2) is 79.6 Å². The Bertz CT molecular complexity index is 1510. The van der Waals surface area contributed by atoms with E-state index in [2.05, 4.69) is 62.5 Å². The first-order valence-electron chi connectivity index (χ1n) is 11.2. The number of imidazole rings is 1. The molecule has 0 atom stereocenters. The third-order valence-corrected chi connectivity index (χ3v) is 5.41. The van der Waals surface area contributed by atoms with Crippen LogP contribution in [0.3, 0.4) is 0 Å². The Labute approximate surface area is 199 Å². The minimum atomic E-state index is 0.890. The van der Waals surface area contributed by atoms with Gasteiger partial charge in [0.15, 0.2) is 5.65 Å². The first-order valence-corrected chi connectivity index (χ1v) is 11.2. The summed E-state index contributed by atoms with van der Waals surface area (Å²) in [6.45, 7) is 8.08. The monoisotopic (exact) mass is 451 g/mol. The van der Waals surface area contributed by atoms with Gasteiger partial charge in [0.1, 0.15) is 0 Å². The molecule has 0 aliphatic heterocycles. The van der Waals surface area contributed by atoms with Crippen molar-refractivity contribution in [1.82, 2.24) is 34.3 Å². The van der Waals surface area contributed by atoms with E-state index in [0.717, 1.165) is 39.4 Å². The number of rotatable bonds is 4. The van der Waals surface area contributed by atoms with Crippen molar-refractivity contribution in [2.24, 2.45) is 7.05 Å². The first-order chi connectivity index (χ1) is 16.5. The van der Waals surface area contributed by atoms with E-state index in [0.29, 0.717) is 0 Å². The first kappa shape index (κ1) is 22.9. The maximum atomic E-state index is 4.43. The fourth-order valence-electron chi connectivity index (χ4n) is 3.76. The lowest BCUT2D eigenvalue weighted by Gasteiger charge is -1.99. The number of allylic oxidation sites excluding steroid dienone is 6. The summed E-state index contributed by atoms with van der Waals surface area (Å²) in [6, 6.07) is 6.33. The number of fused-ring (bicyclic) bond motifs is 2. The molecule has 0 saturated carbocycles. The molecule has 0 fully saturated rings. The van der Waals surface area contributed by atoms with Gasteiger partial charge in [0.2, 0.25) is 0 Å². The molecule has 4 aromatic heterocycles. The lowest BCUT2D eigenvalue weighted by atomic mass is 10.1. The summed E-state index contributed by atoms with van der Waals surface area (Å²) in [6.07, 6.45) is 19.6. The molecule has 0 spiro atoms. The zero-order valence-electron chi connectivity index (χ0n) is 20.2. The van der Waals surface area contributed by atoms with Crippen LogP contribution in [0.4, 0.5) is 0 Å². The van der Waals surface area contributed by atoms with Gasteiger partial charge in [0.05, 0.1) is 35.0 Å². The third kappa shape index (κ3) is 4.73. The zero-order chi connectivity index (χ0) is 24.1. The third-order valence-electron chi connectivity index (χ3n) is 5.41. The second kappa shape index (κ2) is 10.1. The van der Waals surface area contributed by atoms with Crippen molar-refractivity contribution < 1.29 is 0 Å². The fourth-order valence-corrected chi connectivity index (χ4v) is 3.76. The van der Waals surface area contributed by atoms with Crippen LogP contribution in [0.5, 0.6) is 0 Å². The summed E-state index contributed by atoms with van der Waals surface area (Å²) >= 11 is 0. The summed E-state index contributed by atoms with van der Waals surface area (Å²) in [5, 5.41) is 12.8. The molecule has 0 saturated heterocycles. The van der Waals surface area contributed by atoms with Gasteiger partial charge >= 0.3 is 0 Å². The van der Waals surface area contributed by atoms with Crippen LogP contribution in [0, 0.1) is 13.8 Å². The Morgan fingerprint density at radius 2 is 1.91 bits per heavy atom. The van der Waals surface area contributed by atoms with Gasteiger partial charge in [-0.1, -0.05) is 42.0 Å². The summed E-state index contributed by atoms with van der Waals surface area (Å²) in [4.78, 5) is 8.58. The maximum Gasteiger partial charge on any atom is 0.158 e. The molecule has 0 aliphatic carbocycles. The van der Waals surface area contributed by atoms with Crippen LogP contribution >= 0.6 is 0 Å². The highest BCUT2D eigenvalue weighted by Gasteiger charge is 2.09. The van der Waals surface area contributed by atoms with Gasteiger partial charge in [-0.05, 0) is 39.8 Å². The second-order valence-electron chi connectivity index (χ2n) is 8.02. The number of nitrogens with one attached hydrogen (secondary N) is 1. The molecule has 1 aromatic carbocycles. The molecule has 0 radical (unpaired) electrons. The molecule has 5 aromatic rings. The van der Waals surface area contributed by atoms with Crippen LogP contribution in [0.1, 0.15) is 30.8 Å². The highest BCUT2D eigenvalue weighted by molar-refractivity contribution is 5.93. The quantitative estimate of drug-likeness (QED) is 0.348. The topological polar surface area (TPSA) is 76.7 Å². The van der Waals surface area contributed by atoms with Crippen molar-refractivity contribution in [3.8, 4) is 11.3 Å². The number of aromatic amines is 1. The van der Waals surface area contributed by atoms with Gasteiger partial charge < -0.3 is 0 Å². The predicted octanol–water partition coefficient (Wildman–Crippen LogP) is 5.85. The average Bonchev–Trinajstić information content (AvgIpc) is 3.55. The van der Waals surface area contributed by atoms with Crippen molar-refractivity contribution in [1.29, 1.82) is 0 Å². The number of H-pyrrole nitrogens is 1. The Morgan fingerprint density at radius 1 is 1.06 bits per heavy atom. The molecule has 0 bridgehead atoms. The molecule has 7 nitrogen and oxygen atoms in total. The summed E-state index contributed by atoms with van der Waals surface area (Å²) < 4.78 is 3.81. The van der Waals surface area contributed by atoms with Crippen LogP contribution in [0.25, 0.3) is 33.4 Å².